The zero-order valence-corrected chi connectivity index (χ0v) is 19.0. The van der Waals surface area contributed by atoms with Crippen molar-refractivity contribution in [3.8, 4) is 11.3 Å². The lowest BCUT2D eigenvalue weighted by atomic mass is 9.90. The van der Waals surface area contributed by atoms with Gasteiger partial charge in [0.05, 0.1) is 11.8 Å². The van der Waals surface area contributed by atoms with Gasteiger partial charge in [0.2, 0.25) is 5.91 Å². The van der Waals surface area contributed by atoms with E-state index in [1.807, 2.05) is 42.3 Å². The molecule has 32 heavy (non-hydrogen) atoms. The zero-order chi connectivity index (χ0) is 22.1. The molecule has 1 spiro atoms. The zero-order valence-electron chi connectivity index (χ0n) is 19.0. The van der Waals surface area contributed by atoms with Crippen molar-refractivity contribution in [2.75, 3.05) is 44.2 Å². The number of rotatable bonds is 6. The van der Waals surface area contributed by atoms with Crippen molar-refractivity contribution in [3.05, 3.63) is 48.7 Å². The number of β-amino-alcohol motifs (C(OH)–C–C–N with tert-alkyl or cyclic N) is 1. The van der Waals surface area contributed by atoms with E-state index in [0.29, 0.717) is 0 Å². The number of aliphatic hydroxyl groups excluding tert-OH is 1. The molecule has 3 heterocycles. The molecule has 3 fully saturated rings. The Balaban J connectivity index is 1.15. The second-order valence-corrected chi connectivity index (χ2v) is 9.74. The molecular weight excluding hydrogens is 400 g/mol. The molecule has 1 aliphatic carbocycles. The number of carbonyl (C=O) groups is 1. The van der Waals surface area contributed by atoms with Crippen LogP contribution in [0.15, 0.2) is 48.7 Å². The predicted molar refractivity (Wildman–Crippen MR) is 126 cm³/mol. The average Bonchev–Trinajstić information content (AvgIpc) is 3.61. The van der Waals surface area contributed by atoms with Crippen LogP contribution < -0.4 is 4.90 Å². The standard InChI is InChI=1S/C26H34N4O2/c1-20-25(32)29(14-5-13-28-15-11-26(9-10-26)24(31)19-28)16-17-30(20)22-7-4-6-21(18-22)23-8-2-3-12-27-23/h2-4,6-8,12,18,20,24,31H,5,9-11,13-17,19H2,1H3/t20?,24-/m1/s1. The summed E-state index contributed by atoms with van der Waals surface area (Å²) >= 11 is 0. The molecule has 1 amide bonds. The minimum atomic E-state index is -0.172. The first-order valence-electron chi connectivity index (χ1n) is 12.0. The van der Waals surface area contributed by atoms with Gasteiger partial charge in [-0.05, 0) is 75.4 Å². The van der Waals surface area contributed by atoms with Crippen molar-refractivity contribution in [3.63, 3.8) is 0 Å². The highest BCUT2D eigenvalue weighted by Crippen LogP contribution is 2.53. The third-order valence-electron chi connectivity index (χ3n) is 7.74. The number of hydrogen-bond donors (Lipinski definition) is 1. The number of hydrogen-bond acceptors (Lipinski definition) is 5. The van der Waals surface area contributed by atoms with Gasteiger partial charge in [0.1, 0.15) is 6.04 Å². The number of aliphatic hydroxyl groups is 1. The number of piperazine rings is 1. The van der Waals surface area contributed by atoms with E-state index in [9.17, 15) is 9.90 Å². The van der Waals surface area contributed by atoms with E-state index in [4.69, 9.17) is 0 Å². The monoisotopic (exact) mass is 434 g/mol. The minimum Gasteiger partial charge on any atom is -0.391 e. The fourth-order valence-corrected chi connectivity index (χ4v) is 5.39. The molecule has 0 bridgehead atoms. The van der Waals surface area contributed by atoms with Gasteiger partial charge < -0.3 is 19.8 Å². The number of amides is 1. The highest BCUT2D eigenvalue weighted by Gasteiger charge is 2.51. The van der Waals surface area contributed by atoms with Gasteiger partial charge in [-0.25, -0.2) is 0 Å². The number of carbonyl (C=O) groups excluding carboxylic acids is 1. The molecule has 1 aromatic carbocycles. The third-order valence-corrected chi connectivity index (χ3v) is 7.74. The Hall–Kier alpha value is -2.44. The molecule has 2 atom stereocenters. The number of anilines is 1. The molecule has 1 N–H and O–H groups in total. The van der Waals surface area contributed by atoms with E-state index in [0.717, 1.165) is 69.1 Å². The first kappa shape index (κ1) is 21.4. The molecular formula is C26H34N4O2. The smallest absolute Gasteiger partial charge is 0.245 e. The van der Waals surface area contributed by atoms with Gasteiger partial charge in [0, 0.05) is 43.6 Å². The molecule has 5 rings (SSSR count). The Morgan fingerprint density at radius 2 is 1.94 bits per heavy atom. The van der Waals surface area contributed by atoms with Gasteiger partial charge in [-0.15, -0.1) is 0 Å². The van der Waals surface area contributed by atoms with Crippen molar-refractivity contribution in [1.29, 1.82) is 0 Å². The Morgan fingerprint density at radius 3 is 2.69 bits per heavy atom. The fraction of sp³-hybridized carbons (Fsp3) is 0.538. The van der Waals surface area contributed by atoms with E-state index in [2.05, 4.69) is 33.0 Å². The molecule has 6 nitrogen and oxygen atoms in total. The summed E-state index contributed by atoms with van der Waals surface area (Å²) in [5.74, 6) is 0.204. The number of piperidine rings is 1. The second-order valence-electron chi connectivity index (χ2n) is 9.74. The van der Waals surface area contributed by atoms with Crippen molar-refractivity contribution in [1.82, 2.24) is 14.8 Å². The van der Waals surface area contributed by atoms with E-state index in [1.165, 1.54) is 12.8 Å². The second kappa shape index (κ2) is 8.83. The van der Waals surface area contributed by atoms with E-state index >= 15 is 0 Å². The number of pyridine rings is 1. The summed E-state index contributed by atoms with van der Waals surface area (Å²) in [5.41, 5.74) is 3.35. The largest absolute Gasteiger partial charge is 0.391 e. The van der Waals surface area contributed by atoms with Crippen LogP contribution in [0.1, 0.15) is 32.6 Å². The van der Waals surface area contributed by atoms with Crippen LogP contribution in [0, 0.1) is 5.41 Å². The van der Waals surface area contributed by atoms with Crippen molar-refractivity contribution < 1.29 is 9.90 Å². The van der Waals surface area contributed by atoms with Gasteiger partial charge >= 0.3 is 0 Å². The maximum atomic E-state index is 13.1. The van der Waals surface area contributed by atoms with Gasteiger partial charge in [0.15, 0.2) is 0 Å². The van der Waals surface area contributed by atoms with Crippen LogP contribution in [0.25, 0.3) is 11.3 Å². The van der Waals surface area contributed by atoms with Crippen LogP contribution in [0.3, 0.4) is 0 Å². The van der Waals surface area contributed by atoms with Gasteiger partial charge in [-0.2, -0.15) is 0 Å². The lowest BCUT2D eigenvalue weighted by molar-refractivity contribution is -0.134. The van der Waals surface area contributed by atoms with Gasteiger partial charge in [0.25, 0.3) is 0 Å². The summed E-state index contributed by atoms with van der Waals surface area (Å²) in [4.78, 5) is 24.2. The molecule has 0 radical (unpaired) electrons. The van der Waals surface area contributed by atoms with Gasteiger partial charge in [-0.1, -0.05) is 18.2 Å². The quantitative estimate of drug-likeness (QED) is 0.757. The highest BCUT2D eigenvalue weighted by molar-refractivity contribution is 5.86. The molecule has 1 saturated carbocycles. The Kier molecular flexibility index (Phi) is 5.91. The first-order valence-corrected chi connectivity index (χ1v) is 12.0. The molecule has 2 aliphatic heterocycles. The highest BCUT2D eigenvalue weighted by atomic mass is 16.3. The summed E-state index contributed by atoms with van der Waals surface area (Å²) < 4.78 is 0. The molecule has 1 unspecified atom stereocenters. The normalized spacial score (nSPS) is 25.4. The van der Waals surface area contributed by atoms with E-state index in [1.54, 1.807) is 0 Å². The fourth-order valence-electron chi connectivity index (χ4n) is 5.39. The van der Waals surface area contributed by atoms with Crippen LogP contribution in [0.4, 0.5) is 5.69 Å². The Morgan fingerprint density at radius 1 is 1.06 bits per heavy atom. The molecule has 170 valence electrons. The lowest BCUT2D eigenvalue weighted by Gasteiger charge is -2.41. The van der Waals surface area contributed by atoms with Crippen LogP contribution >= 0.6 is 0 Å². The predicted octanol–water partition coefficient (Wildman–Crippen LogP) is 3.02. The molecule has 6 heteroatoms. The maximum Gasteiger partial charge on any atom is 0.245 e. The SMILES string of the molecule is CC1C(=O)N(CCCN2CCC3(CC3)[C@H](O)C2)CCN1c1cccc(-c2ccccn2)c1. The summed E-state index contributed by atoms with van der Waals surface area (Å²) in [6.45, 7) is 7.24. The van der Waals surface area contributed by atoms with Crippen molar-refractivity contribution >= 4 is 11.6 Å². The topological polar surface area (TPSA) is 59.9 Å². The Bertz CT molecular complexity index is 946. The molecule has 1 aromatic heterocycles. The Labute approximate surface area is 190 Å². The minimum absolute atomic E-state index is 0.164. The van der Waals surface area contributed by atoms with Crippen molar-refractivity contribution in [2.45, 2.75) is 44.8 Å². The number of likely N-dealkylation sites (tertiary alicyclic amines) is 1. The summed E-state index contributed by atoms with van der Waals surface area (Å²) in [6, 6.07) is 14.1. The lowest BCUT2D eigenvalue weighted by Crippen LogP contribution is -2.56. The maximum absolute atomic E-state index is 13.1. The molecule has 2 aromatic rings. The van der Waals surface area contributed by atoms with E-state index < -0.39 is 0 Å². The van der Waals surface area contributed by atoms with Crippen LogP contribution in [0.5, 0.6) is 0 Å². The number of aromatic nitrogens is 1. The summed E-state index contributed by atoms with van der Waals surface area (Å²) in [5, 5.41) is 10.4. The van der Waals surface area contributed by atoms with E-state index in [-0.39, 0.29) is 23.5 Å². The first-order chi connectivity index (χ1) is 15.6. The molecule has 2 saturated heterocycles. The summed E-state index contributed by atoms with van der Waals surface area (Å²) in [6.07, 6.45) is 6.13. The third kappa shape index (κ3) is 4.26. The average molecular weight is 435 g/mol. The molecule has 3 aliphatic rings. The van der Waals surface area contributed by atoms with Crippen molar-refractivity contribution in [2.24, 2.45) is 5.41 Å². The van der Waals surface area contributed by atoms with Crippen LogP contribution in [-0.2, 0) is 4.79 Å². The summed E-state index contributed by atoms with van der Waals surface area (Å²) in [7, 11) is 0. The van der Waals surface area contributed by atoms with Crippen LogP contribution in [0.2, 0.25) is 0 Å². The number of benzene rings is 1. The van der Waals surface area contributed by atoms with Gasteiger partial charge in [-0.3, -0.25) is 9.78 Å². The number of nitrogens with zero attached hydrogens (tertiary/aromatic N) is 4. The van der Waals surface area contributed by atoms with Crippen LogP contribution in [-0.4, -0.2) is 77.2 Å².